The van der Waals surface area contributed by atoms with Crippen LogP contribution in [-0.2, 0) is 0 Å². The zero-order chi connectivity index (χ0) is 11.3. The zero-order valence-electron chi connectivity index (χ0n) is 8.61. The molecule has 0 fully saturated rings. The van der Waals surface area contributed by atoms with Gasteiger partial charge in [0.2, 0.25) is 0 Å². The Hall–Kier alpha value is -1.00. The Bertz CT molecular complexity index is 279. The van der Waals surface area contributed by atoms with E-state index >= 15 is 0 Å². The van der Waals surface area contributed by atoms with E-state index < -0.39 is 12.5 Å². The molecule has 0 aliphatic carbocycles. The maximum Gasteiger partial charge on any atom is 0.251 e. The van der Waals surface area contributed by atoms with Gasteiger partial charge < -0.3 is 5.11 Å². The van der Waals surface area contributed by atoms with Gasteiger partial charge in [0, 0.05) is 6.54 Å². The molecule has 1 N–H and O–H groups in total. The molecule has 0 aromatic heterocycles. The fraction of sp³-hybridized carbons (Fsp3) is 0.455. The topological polar surface area (TPSA) is 23.5 Å². The Morgan fingerprint density at radius 3 is 2.33 bits per heavy atom. The van der Waals surface area contributed by atoms with Crippen LogP contribution >= 0.6 is 0 Å². The highest BCUT2D eigenvalue weighted by Crippen LogP contribution is 2.13. The van der Waals surface area contributed by atoms with E-state index in [4.69, 9.17) is 0 Å². The number of hydrogen-bond acceptors (Lipinski definition) is 2. The minimum Gasteiger partial charge on any atom is -0.387 e. The van der Waals surface area contributed by atoms with Crippen molar-refractivity contribution in [1.29, 1.82) is 0 Å². The quantitative estimate of drug-likeness (QED) is 0.811. The molecule has 2 nitrogen and oxygen atoms in total. The van der Waals surface area contributed by atoms with Crippen molar-refractivity contribution in [3.05, 3.63) is 35.9 Å². The van der Waals surface area contributed by atoms with Crippen LogP contribution in [-0.4, -0.2) is 36.6 Å². The number of aliphatic hydroxyl groups is 1. The van der Waals surface area contributed by atoms with Gasteiger partial charge in [0.25, 0.3) is 6.43 Å². The number of aliphatic hydroxyl groups excluding tert-OH is 1. The van der Waals surface area contributed by atoms with E-state index in [2.05, 4.69) is 0 Å². The molecular formula is C11H15F2NO. The van der Waals surface area contributed by atoms with Crippen molar-refractivity contribution in [3.8, 4) is 0 Å². The van der Waals surface area contributed by atoms with Crippen LogP contribution in [0.15, 0.2) is 30.3 Å². The van der Waals surface area contributed by atoms with Crippen LogP contribution in [0.5, 0.6) is 0 Å². The highest BCUT2D eigenvalue weighted by atomic mass is 19.3. The molecule has 0 aliphatic heterocycles. The third-order valence-corrected chi connectivity index (χ3v) is 2.12. The van der Waals surface area contributed by atoms with Gasteiger partial charge in [-0.2, -0.15) is 0 Å². The standard InChI is InChI=1S/C11H15F2NO/c1-14(8-11(12)13)7-10(15)9-5-3-2-4-6-9/h2-6,10-11,15H,7-8H2,1H3. The predicted octanol–water partition coefficient (Wildman–Crippen LogP) is 1.92. The van der Waals surface area contributed by atoms with E-state index in [0.29, 0.717) is 0 Å². The summed E-state index contributed by atoms with van der Waals surface area (Å²) < 4.78 is 24.0. The SMILES string of the molecule is CN(CC(F)F)CC(O)c1ccccc1. The number of nitrogens with zero attached hydrogens (tertiary/aromatic N) is 1. The summed E-state index contributed by atoms with van der Waals surface area (Å²) in [5.74, 6) is 0. The molecule has 0 radical (unpaired) electrons. The summed E-state index contributed by atoms with van der Waals surface area (Å²) in [5.41, 5.74) is 0.749. The van der Waals surface area contributed by atoms with Crippen LogP contribution in [0.2, 0.25) is 0 Å². The Balaban J connectivity index is 2.45. The van der Waals surface area contributed by atoms with Crippen LogP contribution in [0, 0.1) is 0 Å². The van der Waals surface area contributed by atoms with Gasteiger partial charge in [0.1, 0.15) is 0 Å². The van der Waals surface area contributed by atoms with Gasteiger partial charge in [0.15, 0.2) is 0 Å². The van der Waals surface area contributed by atoms with Crippen molar-refractivity contribution in [2.24, 2.45) is 0 Å². The van der Waals surface area contributed by atoms with Gasteiger partial charge in [-0.3, -0.25) is 4.90 Å². The first-order valence-corrected chi connectivity index (χ1v) is 4.79. The number of hydrogen-bond donors (Lipinski definition) is 1. The smallest absolute Gasteiger partial charge is 0.251 e. The van der Waals surface area contributed by atoms with Crippen molar-refractivity contribution in [2.75, 3.05) is 20.1 Å². The molecule has 1 aromatic rings. The van der Waals surface area contributed by atoms with E-state index in [1.54, 1.807) is 19.2 Å². The molecule has 1 rings (SSSR count). The van der Waals surface area contributed by atoms with Crippen molar-refractivity contribution < 1.29 is 13.9 Å². The third kappa shape index (κ3) is 4.36. The molecule has 1 aromatic carbocycles. The van der Waals surface area contributed by atoms with Gasteiger partial charge in [-0.15, -0.1) is 0 Å². The summed E-state index contributed by atoms with van der Waals surface area (Å²) in [7, 11) is 1.57. The molecule has 0 saturated carbocycles. The van der Waals surface area contributed by atoms with Gasteiger partial charge in [-0.25, -0.2) is 8.78 Å². The Kier molecular flexibility index (Phi) is 4.65. The molecule has 0 amide bonds. The number of alkyl halides is 2. The lowest BCUT2D eigenvalue weighted by Crippen LogP contribution is -2.29. The normalized spacial score (nSPS) is 13.5. The molecule has 0 aliphatic rings. The number of benzene rings is 1. The maximum atomic E-state index is 12.0. The Morgan fingerprint density at radius 2 is 1.80 bits per heavy atom. The maximum absolute atomic E-state index is 12.0. The average Bonchev–Trinajstić information content (AvgIpc) is 2.17. The molecule has 0 saturated heterocycles. The summed E-state index contributed by atoms with van der Waals surface area (Å²) in [6, 6.07) is 9.03. The predicted molar refractivity (Wildman–Crippen MR) is 54.9 cm³/mol. The molecular weight excluding hydrogens is 200 g/mol. The fourth-order valence-electron chi connectivity index (χ4n) is 1.39. The fourth-order valence-corrected chi connectivity index (χ4v) is 1.39. The van der Waals surface area contributed by atoms with Crippen molar-refractivity contribution >= 4 is 0 Å². The molecule has 0 spiro atoms. The lowest BCUT2D eigenvalue weighted by atomic mass is 10.1. The van der Waals surface area contributed by atoms with Gasteiger partial charge >= 0.3 is 0 Å². The molecule has 1 atom stereocenters. The monoisotopic (exact) mass is 215 g/mol. The number of halogens is 2. The lowest BCUT2D eigenvalue weighted by Gasteiger charge is -2.20. The van der Waals surface area contributed by atoms with E-state index in [0.717, 1.165) is 5.56 Å². The second-order valence-electron chi connectivity index (χ2n) is 3.54. The lowest BCUT2D eigenvalue weighted by molar-refractivity contribution is 0.0680. The number of likely N-dealkylation sites (N-methyl/N-ethyl adjacent to an activating group) is 1. The highest BCUT2D eigenvalue weighted by Gasteiger charge is 2.13. The first-order chi connectivity index (χ1) is 7.09. The molecule has 0 heterocycles. The van der Waals surface area contributed by atoms with Crippen LogP contribution in [0.1, 0.15) is 11.7 Å². The van der Waals surface area contributed by atoms with Crippen molar-refractivity contribution in [2.45, 2.75) is 12.5 Å². The van der Waals surface area contributed by atoms with E-state index in [1.807, 2.05) is 18.2 Å². The summed E-state index contributed by atoms with van der Waals surface area (Å²) in [4.78, 5) is 1.42. The second kappa shape index (κ2) is 5.78. The van der Waals surface area contributed by atoms with Gasteiger partial charge in [0.05, 0.1) is 12.6 Å². The summed E-state index contributed by atoms with van der Waals surface area (Å²) in [5, 5.41) is 9.72. The zero-order valence-corrected chi connectivity index (χ0v) is 8.61. The molecule has 4 heteroatoms. The first kappa shape index (κ1) is 12.1. The van der Waals surface area contributed by atoms with E-state index in [9.17, 15) is 13.9 Å². The summed E-state index contributed by atoms with van der Waals surface area (Å²) >= 11 is 0. The van der Waals surface area contributed by atoms with Crippen LogP contribution in [0.25, 0.3) is 0 Å². The molecule has 0 bridgehead atoms. The molecule has 84 valence electrons. The third-order valence-electron chi connectivity index (χ3n) is 2.12. The Morgan fingerprint density at radius 1 is 1.20 bits per heavy atom. The van der Waals surface area contributed by atoms with E-state index in [1.165, 1.54) is 4.90 Å². The largest absolute Gasteiger partial charge is 0.387 e. The Labute approximate surface area is 88.1 Å². The van der Waals surface area contributed by atoms with Crippen LogP contribution in [0.4, 0.5) is 8.78 Å². The number of rotatable bonds is 5. The van der Waals surface area contributed by atoms with Crippen molar-refractivity contribution in [1.82, 2.24) is 4.90 Å². The minimum absolute atomic E-state index is 0.217. The van der Waals surface area contributed by atoms with E-state index in [-0.39, 0.29) is 13.1 Å². The van der Waals surface area contributed by atoms with Gasteiger partial charge in [-0.1, -0.05) is 30.3 Å². The minimum atomic E-state index is -2.36. The molecule has 15 heavy (non-hydrogen) atoms. The second-order valence-corrected chi connectivity index (χ2v) is 3.54. The summed E-state index contributed by atoms with van der Waals surface area (Å²) in [6.45, 7) is -0.0990. The van der Waals surface area contributed by atoms with Gasteiger partial charge in [-0.05, 0) is 12.6 Å². The summed E-state index contributed by atoms with van der Waals surface area (Å²) in [6.07, 6.45) is -3.08. The van der Waals surface area contributed by atoms with Crippen molar-refractivity contribution in [3.63, 3.8) is 0 Å². The average molecular weight is 215 g/mol. The molecule has 1 unspecified atom stereocenters. The first-order valence-electron chi connectivity index (χ1n) is 4.79. The van der Waals surface area contributed by atoms with Crippen LogP contribution in [0.3, 0.4) is 0 Å². The van der Waals surface area contributed by atoms with Crippen LogP contribution < -0.4 is 0 Å². The highest BCUT2D eigenvalue weighted by molar-refractivity contribution is 5.17.